The van der Waals surface area contributed by atoms with Crippen LogP contribution in [0.25, 0.3) is 0 Å². The summed E-state index contributed by atoms with van der Waals surface area (Å²) in [5.41, 5.74) is 0. The molecule has 2 unspecified atom stereocenters. The van der Waals surface area contributed by atoms with Crippen molar-refractivity contribution < 1.29 is 9.47 Å². The molecule has 0 radical (unpaired) electrons. The van der Waals surface area contributed by atoms with Crippen LogP contribution in [0.1, 0.15) is 91.9 Å². The van der Waals surface area contributed by atoms with Gasteiger partial charge in [0.05, 0.1) is 0 Å². The first kappa shape index (κ1) is 20.9. The molecular weight excluding hydrogens is 260 g/mol. The molecule has 0 saturated carbocycles. The van der Waals surface area contributed by atoms with Gasteiger partial charge >= 0.3 is 0 Å². The van der Waals surface area contributed by atoms with Crippen molar-refractivity contribution in [1.29, 1.82) is 0 Å². The van der Waals surface area contributed by atoms with Gasteiger partial charge in [-0.05, 0) is 37.5 Å². The van der Waals surface area contributed by atoms with Crippen molar-refractivity contribution in [3.63, 3.8) is 0 Å². The van der Waals surface area contributed by atoms with Gasteiger partial charge in [0.2, 0.25) is 0 Å². The topological polar surface area (TPSA) is 18.5 Å². The summed E-state index contributed by atoms with van der Waals surface area (Å²) in [7, 11) is 0. The summed E-state index contributed by atoms with van der Waals surface area (Å²) >= 11 is 0. The lowest BCUT2D eigenvalue weighted by Crippen LogP contribution is -2.06. The van der Waals surface area contributed by atoms with Gasteiger partial charge in [-0.2, -0.15) is 0 Å². The van der Waals surface area contributed by atoms with Crippen LogP contribution >= 0.6 is 0 Å². The number of unbranched alkanes of at least 4 members (excludes halogenated alkanes) is 4. The van der Waals surface area contributed by atoms with Gasteiger partial charge < -0.3 is 9.47 Å². The highest BCUT2D eigenvalue weighted by Gasteiger charge is 2.07. The largest absolute Gasteiger partial charge is 0.355 e. The molecule has 0 bridgehead atoms. The SMILES string of the molecule is CCCCCCCOCOCCCC(C)CC(C)CCC. The predicted molar refractivity (Wildman–Crippen MR) is 92.6 cm³/mol. The molecule has 0 saturated heterocycles. The minimum Gasteiger partial charge on any atom is -0.355 e. The standard InChI is InChI=1S/C19H40O2/c1-5-7-8-9-10-14-20-17-21-15-11-13-19(4)16-18(3)12-6-2/h18-19H,5-17H2,1-4H3. The molecule has 0 aromatic carbocycles. The van der Waals surface area contributed by atoms with E-state index in [1.807, 2.05) is 0 Å². The van der Waals surface area contributed by atoms with Gasteiger partial charge in [-0.25, -0.2) is 0 Å². The van der Waals surface area contributed by atoms with Crippen LogP contribution < -0.4 is 0 Å². The minimum absolute atomic E-state index is 0.481. The number of hydrogen-bond donors (Lipinski definition) is 0. The molecule has 0 fully saturated rings. The minimum atomic E-state index is 0.481. The molecule has 0 aliphatic heterocycles. The Morgan fingerprint density at radius 1 is 0.667 bits per heavy atom. The highest BCUT2D eigenvalue weighted by atomic mass is 16.7. The average molecular weight is 301 g/mol. The second kappa shape index (κ2) is 16.3. The van der Waals surface area contributed by atoms with E-state index in [2.05, 4.69) is 27.7 Å². The molecule has 2 nitrogen and oxygen atoms in total. The summed E-state index contributed by atoms with van der Waals surface area (Å²) in [6.45, 7) is 11.5. The van der Waals surface area contributed by atoms with Gasteiger partial charge in [0, 0.05) is 13.2 Å². The van der Waals surface area contributed by atoms with Crippen molar-refractivity contribution in [2.75, 3.05) is 20.0 Å². The average Bonchev–Trinajstić information content (AvgIpc) is 2.45. The van der Waals surface area contributed by atoms with Gasteiger partial charge in [-0.3, -0.25) is 0 Å². The summed E-state index contributed by atoms with van der Waals surface area (Å²) in [6, 6.07) is 0. The van der Waals surface area contributed by atoms with Crippen molar-refractivity contribution in [3.8, 4) is 0 Å². The lowest BCUT2D eigenvalue weighted by atomic mass is 9.91. The third kappa shape index (κ3) is 16.1. The van der Waals surface area contributed by atoms with Crippen LogP contribution in [0.4, 0.5) is 0 Å². The maximum absolute atomic E-state index is 5.54. The van der Waals surface area contributed by atoms with Gasteiger partial charge in [-0.15, -0.1) is 0 Å². The van der Waals surface area contributed by atoms with E-state index in [1.54, 1.807) is 0 Å². The fraction of sp³-hybridized carbons (Fsp3) is 1.00. The Morgan fingerprint density at radius 2 is 1.29 bits per heavy atom. The molecule has 0 spiro atoms. The Kier molecular flexibility index (Phi) is 16.2. The van der Waals surface area contributed by atoms with E-state index < -0.39 is 0 Å². The summed E-state index contributed by atoms with van der Waals surface area (Å²) in [5, 5.41) is 0. The maximum Gasteiger partial charge on any atom is 0.146 e. The summed E-state index contributed by atoms with van der Waals surface area (Å²) in [6.07, 6.45) is 13.0. The van der Waals surface area contributed by atoms with E-state index in [9.17, 15) is 0 Å². The first-order valence-electron chi connectivity index (χ1n) is 9.36. The smallest absolute Gasteiger partial charge is 0.146 e. The normalized spacial score (nSPS) is 14.3. The van der Waals surface area contributed by atoms with Crippen molar-refractivity contribution in [2.24, 2.45) is 11.8 Å². The highest BCUT2D eigenvalue weighted by Crippen LogP contribution is 2.20. The molecule has 0 amide bonds. The molecular formula is C19H40O2. The second-order valence-corrected chi connectivity index (χ2v) is 6.73. The molecule has 2 atom stereocenters. The molecule has 0 aromatic heterocycles. The van der Waals surface area contributed by atoms with Crippen molar-refractivity contribution in [1.82, 2.24) is 0 Å². The molecule has 0 rings (SSSR count). The Labute approximate surface area is 134 Å². The number of ether oxygens (including phenoxy) is 2. The third-order valence-corrected chi connectivity index (χ3v) is 4.13. The van der Waals surface area contributed by atoms with Crippen LogP contribution in [0.15, 0.2) is 0 Å². The predicted octanol–water partition coefficient (Wildman–Crippen LogP) is 6.19. The molecule has 0 aliphatic rings. The quantitative estimate of drug-likeness (QED) is 0.250. The summed E-state index contributed by atoms with van der Waals surface area (Å²) in [4.78, 5) is 0. The van der Waals surface area contributed by atoms with Crippen molar-refractivity contribution in [2.45, 2.75) is 91.9 Å². The summed E-state index contributed by atoms with van der Waals surface area (Å²) in [5.74, 6) is 1.71. The lowest BCUT2D eigenvalue weighted by Gasteiger charge is -2.16. The molecule has 128 valence electrons. The number of rotatable bonds is 16. The van der Waals surface area contributed by atoms with Gasteiger partial charge in [0.1, 0.15) is 6.79 Å². The van der Waals surface area contributed by atoms with E-state index in [0.717, 1.165) is 25.0 Å². The zero-order valence-corrected chi connectivity index (χ0v) is 15.2. The van der Waals surface area contributed by atoms with Crippen LogP contribution in [0.3, 0.4) is 0 Å². The fourth-order valence-corrected chi connectivity index (χ4v) is 2.93. The second-order valence-electron chi connectivity index (χ2n) is 6.73. The van der Waals surface area contributed by atoms with Crippen molar-refractivity contribution >= 4 is 0 Å². The molecule has 0 aliphatic carbocycles. The van der Waals surface area contributed by atoms with Gasteiger partial charge in [0.15, 0.2) is 0 Å². The fourth-order valence-electron chi connectivity index (χ4n) is 2.93. The summed E-state index contributed by atoms with van der Waals surface area (Å²) < 4.78 is 11.0. The maximum atomic E-state index is 5.54. The molecule has 0 aromatic rings. The van der Waals surface area contributed by atoms with Crippen LogP contribution in [0.2, 0.25) is 0 Å². The molecule has 0 N–H and O–H groups in total. The van der Waals surface area contributed by atoms with Gasteiger partial charge in [0.25, 0.3) is 0 Å². The zero-order chi connectivity index (χ0) is 15.8. The highest BCUT2D eigenvalue weighted by molar-refractivity contribution is 4.59. The third-order valence-electron chi connectivity index (χ3n) is 4.13. The van der Waals surface area contributed by atoms with Crippen molar-refractivity contribution in [3.05, 3.63) is 0 Å². The first-order valence-corrected chi connectivity index (χ1v) is 9.36. The Morgan fingerprint density at radius 3 is 1.95 bits per heavy atom. The van der Waals surface area contributed by atoms with E-state index in [1.165, 1.54) is 64.2 Å². The Hall–Kier alpha value is -0.0800. The van der Waals surface area contributed by atoms with Crippen LogP contribution in [0, 0.1) is 11.8 Å². The lowest BCUT2D eigenvalue weighted by molar-refractivity contribution is -0.0561. The van der Waals surface area contributed by atoms with E-state index in [0.29, 0.717) is 6.79 Å². The zero-order valence-electron chi connectivity index (χ0n) is 15.2. The van der Waals surface area contributed by atoms with E-state index >= 15 is 0 Å². The monoisotopic (exact) mass is 300 g/mol. The Bertz CT molecular complexity index is 194. The van der Waals surface area contributed by atoms with Crippen LogP contribution in [0.5, 0.6) is 0 Å². The molecule has 21 heavy (non-hydrogen) atoms. The molecule has 0 heterocycles. The van der Waals surface area contributed by atoms with Crippen LogP contribution in [-0.4, -0.2) is 20.0 Å². The van der Waals surface area contributed by atoms with Gasteiger partial charge in [-0.1, -0.05) is 66.2 Å². The van der Waals surface area contributed by atoms with Crippen LogP contribution in [-0.2, 0) is 9.47 Å². The first-order chi connectivity index (χ1) is 10.2. The molecule has 2 heteroatoms. The van der Waals surface area contributed by atoms with E-state index in [4.69, 9.17) is 9.47 Å². The number of hydrogen-bond acceptors (Lipinski definition) is 2. The Balaban J connectivity index is 3.17. The van der Waals surface area contributed by atoms with E-state index in [-0.39, 0.29) is 0 Å².